The molecule has 21 heavy (non-hydrogen) atoms. The van der Waals surface area contributed by atoms with Gasteiger partial charge in [-0.25, -0.2) is 4.68 Å². The molecule has 1 amide bonds. The highest BCUT2D eigenvalue weighted by Crippen LogP contribution is 2.36. The smallest absolute Gasteiger partial charge is 0.273 e. The minimum absolute atomic E-state index is 0.0479. The fourth-order valence-corrected chi connectivity index (χ4v) is 2.55. The highest BCUT2D eigenvalue weighted by Gasteiger charge is 2.27. The zero-order valence-corrected chi connectivity index (χ0v) is 12.7. The van der Waals surface area contributed by atoms with Crippen LogP contribution >= 0.6 is 0 Å². The van der Waals surface area contributed by atoms with Crippen molar-refractivity contribution < 1.29 is 4.79 Å². The third kappa shape index (κ3) is 2.86. The zero-order valence-electron chi connectivity index (χ0n) is 12.7. The van der Waals surface area contributed by atoms with Gasteiger partial charge in [-0.2, -0.15) is 5.10 Å². The standard InChI is InChI=1S/C16H22N4O/c1-3-4-10-20-15(12(2)11-17-20)18-16(21)14-6-5-9-19(14)13-7-8-13/h5-6,9,11,13H,3-4,7-8,10H2,1-2H3,(H,18,21). The molecule has 1 N–H and O–H groups in total. The van der Waals surface area contributed by atoms with Gasteiger partial charge in [0.25, 0.3) is 5.91 Å². The van der Waals surface area contributed by atoms with Crippen LogP contribution in [0.4, 0.5) is 5.82 Å². The maximum Gasteiger partial charge on any atom is 0.273 e. The molecule has 0 unspecified atom stereocenters. The molecule has 1 aliphatic carbocycles. The predicted octanol–water partition coefficient (Wildman–Crippen LogP) is 3.38. The fraction of sp³-hybridized carbons (Fsp3) is 0.500. The second-order valence-electron chi connectivity index (χ2n) is 5.74. The van der Waals surface area contributed by atoms with Crippen molar-refractivity contribution in [2.45, 2.75) is 52.1 Å². The van der Waals surface area contributed by atoms with Crippen LogP contribution in [0, 0.1) is 6.92 Å². The Morgan fingerprint density at radius 3 is 3.00 bits per heavy atom. The number of rotatable bonds is 6. The van der Waals surface area contributed by atoms with E-state index in [1.807, 2.05) is 36.1 Å². The van der Waals surface area contributed by atoms with Crippen LogP contribution in [0.25, 0.3) is 0 Å². The number of amides is 1. The molecule has 5 heteroatoms. The van der Waals surface area contributed by atoms with Crippen LogP contribution in [-0.4, -0.2) is 20.3 Å². The van der Waals surface area contributed by atoms with Crippen molar-refractivity contribution in [3.8, 4) is 0 Å². The Labute approximate surface area is 125 Å². The molecule has 5 nitrogen and oxygen atoms in total. The van der Waals surface area contributed by atoms with Gasteiger partial charge in [0.1, 0.15) is 11.5 Å². The van der Waals surface area contributed by atoms with Crippen molar-refractivity contribution in [3.05, 3.63) is 35.8 Å². The van der Waals surface area contributed by atoms with Crippen LogP contribution in [0.5, 0.6) is 0 Å². The Bertz CT molecular complexity index is 636. The van der Waals surface area contributed by atoms with E-state index in [4.69, 9.17) is 0 Å². The summed E-state index contributed by atoms with van der Waals surface area (Å²) in [6.07, 6.45) is 8.31. The molecular weight excluding hydrogens is 264 g/mol. The number of aryl methyl sites for hydroxylation is 2. The lowest BCUT2D eigenvalue weighted by Crippen LogP contribution is -2.19. The van der Waals surface area contributed by atoms with E-state index < -0.39 is 0 Å². The largest absolute Gasteiger partial charge is 0.340 e. The van der Waals surface area contributed by atoms with E-state index in [9.17, 15) is 4.79 Å². The normalized spacial score (nSPS) is 14.4. The van der Waals surface area contributed by atoms with Crippen molar-refractivity contribution in [1.29, 1.82) is 0 Å². The summed E-state index contributed by atoms with van der Waals surface area (Å²) in [7, 11) is 0. The molecule has 2 aromatic rings. The molecule has 1 fully saturated rings. The quantitative estimate of drug-likeness (QED) is 0.885. The fourth-order valence-electron chi connectivity index (χ4n) is 2.55. The molecular formula is C16H22N4O. The first-order chi connectivity index (χ1) is 10.2. The lowest BCUT2D eigenvalue weighted by atomic mass is 10.3. The van der Waals surface area contributed by atoms with Crippen LogP contribution in [0.15, 0.2) is 24.5 Å². The highest BCUT2D eigenvalue weighted by molar-refractivity contribution is 6.03. The number of hydrogen-bond donors (Lipinski definition) is 1. The Hall–Kier alpha value is -2.04. The average Bonchev–Trinajstić information content (AvgIpc) is 3.11. The monoisotopic (exact) mass is 286 g/mol. The summed E-state index contributed by atoms with van der Waals surface area (Å²) in [4.78, 5) is 12.5. The Balaban J connectivity index is 1.78. The first-order valence-corrected chi connectivity index (χ1v) is 7.71. The van der Waals surface area contributed by atoms with E-state index in [1.165, 1.54) is 12.8 Å². The summed E-state index contributed by atoms with van der Waals surface area (Å²) in [5.74, 6) is 0.769. The molecule has 1 saturated carbocycles. The number of aromatic nitrogens is 3. The molecule has 0 atom stereocenters. The van der Waals surface area contributed by atoms with Gasteiger partial charge in [0, 0.05) is 24.3 Å². The summed E-state index contributed by atoms with van der Waals surface area (Å²) < 4.78 is 3.97. The van der Waals surface area contributed by atoms with Crippen LogP contribution in [0.2, 0.25) is 0 Å². The molecule has 0 saturated heterocycles. The molecule has 112 valence electrons. The van der Waals surface area contributed by atoms with Crippen molar-refractivity contribution >= 4 is 11.7 Å². The van der Waals surface area contributed by atoms with Gasteiger partial charge in [-0.1, -0.05) is 13.3 Å². The topological polar surface area (TPSA) is 51.9 Å². The summed E-state index contributed by atoms with van der Waals surface area (Å²) in [6, 6.07) is 4.33. The minimum atomic E-state index is -0.0479. The number of nitrogens with one attached hydrogen (secondary N) is 1. The molecule has 0 aromatic carbocycles. The highest BCUT2D eigenvalue weighted by atomic mass is 16.2. The molecule has 2 heterocycles. The van der Waals surface area contributed by atoms with Gasteiger partial charge in [-0.05, 0) is 38.3 Å². The van der Waals surface area contributed by atoms with E-state index in [0.717, 1.165) is 36.5 Å². The van der Waals surface area contributed by atoms with E-state index in [2.05, 4.69) is 21.9 Å². The predicted molar refractivity (Wildman–Crippen MR) is 82.5 cm³/mol. The summed E-state index contributed by atoms with van der Waals surface area (Å²) >= 11 is 0. The zero-order chi connectivity index (χ0) is 14.8. The number of anilines is 1. The SMILES string of the molecule is CCCCn1ncc(C)c1NC(=O)c1cccn1C1CC1. The van der Waals surface area contributed by atoms with Crippen molar-refractivity contribution in [2.24, 2.45) is 0 Å². The van der Waals surface area contributed by atoms with Gasteiger partial charge >= 0.3 is 0 Å². The van der Waals surface area contributed by atoms with Crippen molar-refractivity contribution in [1.82, 2.24) is 14.3 Å². The van der Waals surface area contributed by atoms with Gasteiger partial charge < -0.3 is 9.88 Å². The maximum atomic E-state index is 12.5. The van der Waals surface area contributed by atoms with Gasteiger partial charge in [0.15, 0.2) is 0 Å². The van der Waals surface area contributed by atoms with Gasteiger partial charge in [-0.3, -0.25) is 4.79 Å². The van der Waals surface area contributed by atoms with Crippen molar-refractivity contribution in [2.75, 3.05) is 5.32 Å². The Kier molecular flexibility index (Phi) is 3.82. The maximum absolute atomic E-state index is 12.5. The van der Waals surface area contributed by atoms with Crippen LogP contribution < -0.4 is 5.32 Å². The number of carbonyl (C=O) groups is 1. The number of carbonyl (C=O) groups excluding carboxylic acids is 1. The second-order valence-corrected chi connectivity index (χ2v) is 5.74. The molecule has 0 bridgehead atoms. The molecule has 0 spiro atoms. The lowest BCUT2D eigenvalue weighted by Gasteiger charge is -2.11. The van der Waals surface area contributed by atoms with Crippen LogP contribution in [-0.2, 0) is 6.54 Å². The van der Waals surface area contributed by atoms with E-state index >= 15 is 0 Å². The third-order valence-electron chi connectivity index (χ3n) is 3.93. The van der Waals surface area contributed by atoms with Crippen molar-refractivity contribution in [3.63, 3.8) is 0 Å². The van der Waals surface area contributed by atoms with E-state index in [0.29, 0.717) is 6.04 Å². The number of hydrogen-bond acceptors (Lipinski definition) is 2. The van der Waals surface area contributed by atoms with Crippen LogP contribution in [0.1, 0.15) is 54.7 Å². The summed E-state index contributed by atoms with van der Waals surface area (Å²) in [5.41, 5.74) is 1.74. The van der Waals surface area contributed by atoms with Gasteiger partial charge in [0.05, 0.1) is 6.20 Å². The first kappa shape index (κ1) is 13.9. The Morgan fingerprint density at radius 2 is 2.29 bits per heavy atom. The first-order valence-electron chi connectivity index (χ1n) is 7.71. The molecule has 2 aromatic heterocycles. The lowest BCUT2D eigenvalue weighted by molar-refractivity contribution is 0.101. The minimum Gasteiger partial charge on any atom is -0.340 e. The van der Waals surface area contributed by atoms with Crippen LogP contribution in [0.3, 0.4) is 0 Å². The number of nitrogens with zero attached hydrogens (tertiary/aromatic N) is 3. The molecule has 0 aliphatic heterocycles. The number of unbranched alkanes of at least 4 members (excludes halogenated alkanes) is 1. The molecule has 0 radical (unpaired) electrons. The Morgan fingerprint density at radius 1 is 1.48 bits per heavy atom. The van der Waals surface area contributed by atoms with Gasteiger partial charge in [0.2, 0.25) is 0 Å². The average molecular weight is 286 g/mol. The molecule has 1 aliphatic rings. The molecule has 3 rings (SSSR count). The van der Waals surface area contributed by atoms with E-state index in [-0.39, 0.29) is 5.91 Å². The summed E-state index contributed by atoms with van der Waals surface area (Å²) in [6.45, 7) is 4.96. The second kappa shape index (κ2) is 5.76. The summed E-state index contributed by atoms with van der Waals surface area (Å²) in [5, 5.41) is 7.39. The van der Waals surface area contributed by atoms with E-state index in [1.54, 1.807) is 0 Å². The third-order valence-corrected chi connectivity index (χ3v) is 3.93. The van der Waals surface area contributed by atoms with Gasteiger partial charge in [-0.15, -0.1) is 0 Å².